The minimum Gasteiger partial charge on any atom is -0.375 e. The van der Waals surface area contributed by atoms with Crippen molar-refractivity contribution < 1.29 is 27.4 Å². The number of anilines is 1. The Labute approximate surface area is 155 Å². The molecule has 0 aromatic carbocycles. The van der Waals surface area contributed by atoms with Crippen LogP contribution in [-0.2, 0) is 20.4 Å². The molecule has 4 atom stereocenters. The molecule has 1 aromatic rings. The van der Waals surface area contributed by atoms with E-state index in [0.717, 1.165) is 18.9 Å². The van der Waals surface area contributed by atoms with Crippen molar-refractivity contribution in [1.29, 1.82) is 0 Å². The van der Waals surface area contributed by atoms with Gasteiger partial charge < -0.3 is 19.7 Å². The SMILES string of the molecule is COCC(=O)NC[C@H]1[C@H]2CN(c3ncccc3C(F)(F)F)C[C@]23CC[C@H]1O3. The number of halogens is 3. The highest BCUT2D eigenvalue weighted by molar-refractivity contribution is 5.77. The molecule has 4 rings (SSSR count). The Kier molecular flexibility index (Phi) is 4.54. The fraction of sp³-hybridized carbons (Fsp3) is 0.667. The normalized spacial score (nSPS) is 32.0. The van der Waals surface area contributed by atoms with Crippen molar-refractivity contribution in [3.8, 4) is 0 Å². The van der Waals surface area contributed by atoms with E-state index in [4.69, 9.17) is 9.47 Å². The summed E-state index contributed by atoms with van der Waals surface area (Å²) in [6, 6.07) is 2.37. The van der Waals surface area contributed by atoms with Crippen LogP contribution < -0.4 is 10.2 Å². The second-order valence-electron chi connectivity index (χ2n) is 7.52. The van der Waals surface area contributed by atoms with E-state index in [2.05, 4.69) is 10.3 Å². The maximum absolute atomic E-state index is 13.4. The molecule has 3 aliphatic rings. The van der Waals surface area contributed by atoms with Gasteiger partial charge in [-0.15, -0.1) is 0 Å². The minimum absolute atomic E-state index is 0.0109. The van der Waals surface area contributed by atoms with Gasteiger partial charge in [-0.05, 0) is 25.0 Å². The number of aromatic nitrogens is 1. The summed E-state index contributed by atoms with van der Waals surface area (Å²) >= 11 is 0. The standard InChI is InChI=1S/C18H22F3N3O3/c1-26-9-15(25)23-7-11-13-8-24(10-17(13)5-4-14(11)27-17)16-12(18(19,20)21)3-2-6-22-16/h2-3,6,11,13-14H,4-5,7-10H2,1H3,(H,23,25)/t11-,13+,14+,17+/m0/s1. The quantitative estimate of drug-likeness (QED) is 0.838. The molecule has 4 heterocycles. The molecule has 1 aromatic heterocycles. The molecular formula is C18H22F3N3O3. The van der Waals surface area contributed by atoms with Crippen LogP contribution in [0.5, 0.6) is 0 Å². The average molecular weight is 385 g/mol. The zero-order valence-corrected chi connectivity index (χ0v) is 15.0. The lowest BCUT2D eigenvalue weighted by atomic mass is 9.73. The zero-order valence-electron chi connectivity index (χ0n) is 15.0. The van der Waals surface area contributed by atoms with Crippen molar-refractivity contribution >= 4 is 11.7 Å². The first kappa shape index (κ1) is 18.5. The molecule has 0 radical (unpaired) electrons. The van der Waals surface area contributed by atoms with Crippen LogP contribution in [0.25, 0.3) is 0 Å². The van der Waals surface area contributed by atoms with E-state index in [1.54, 1.807) is 4.90 Å². The lowest BCUT2D eigenvalue weighted by molar-refractivity contribution is -0.137. The summed E-state index contributed by atoms with van der Waals surface area (Å²) in [5.74, 6) is -0.0824. The molecule has 9 heteroatoms. The molecular weight excluding hydrogens is 363 g/mol. The Morgan fingerprint density at radius 3 is 3.07 bits per heavy atom. The summed E-state index contributed by atoms with van der Waals surface area (Å²) in [7, 11) is 1.45. The Hall–Kier alpha value is -1.87. The van der Waals surface area contributed by atoms with E-state index in [0.29, 0.717) is 19.6 Å². The maximum atomic E-state index is 13.4. The van der Waals surface area contributed by atoms with Crippen LogP contribution in [0.2, 0.25) is 0 Å². The largest absolute Gasteiger partial charge is 0.419 e. The maximum Gasteiger partial charge on any atom is 0.419 e. The van der Waals surface area contributed by atoms with Gasteiger partial charge in [0.15, 0.2) is 0 Å². The smallest absolute Gasteiger partial charge is 0.375 e. The topological polar surface area (TPSA) is 63.7 Å². The van der Waals surface area contributed by atoms with E-state index < -0.39 is 17.3 Å². The number of alkyl halides is 3. The van der Waals surface area contributed by atoms with Crippen molar-refractivity contribution in [2.24, 2.45) is 11.8 Å². The summed E-state index contributed by atoms with van der Waals surface area (Å²) in [4.78, 5) is 17.4. The van der Waals surface area contributed by atoms with Crippen LogP contribution in [0.3, 0.4) is 0 Å². The predicted molar refractivity (Wildman–Crippen MR) is 90.2 cm³/mol. The van der Waals surface area contributed by atoms with Gasteiger partial charge in [-0.3, -0.25) is 4.79 Å². The fourth-order valence-electron chi connectivity index (χ4n) is 4.91. The highest BCUT2D eigenvalue weighted by Gasteiger charge is 2.63. The van der Waals surface area contributed by atoms with Crippen LogP contribution in [0.4, 0.5) is 19.0 Å². The number of carbonyl (C=O) groups excluding carboxylic acids is 1. The number of amides is 1. The lowest BCUT2D eigenvalue weighted by Gasteiger charge is -2.29. The molecule has 1 amide bonds. The summed E-state index contributed by atoms with van der Waals surface area (Å²) in [5.41, 5.74) is -1.16. The van der Waals surface area contributed by atoms with Gasteiger partial charge in [0.2, 0.25) is 5.91 Å². The summed E-state index contributed by atoms with van der Waals surface area (Å²) < 4.78 is 51.2. The third-order valence-corrected chi connectivity index (χ3v) is 5.99. The number of hydrogen-bond donors (Lipinski definition) is 1. The lowest BCUT2D eigenvalue weighted by Crippen LogP contribution is -2.42. The van der Waals surface area contributed by atoms with Gasteiger partial charge in [-0.2, -0.15) is 13.2 Å². The first-order valence-corrected chi connectivity index (χ1v) is 9.05. The molecule has 148 valence electrons. The van der Waals surface area contributed by atoms with E-state index >= 15 is 0 Å². The van der Waals surface area contributed by atoms with Crippen LogP contribution in [0.15, 0.2) is 18.3 Å². The molecule has 0 saturated carbocycles. The number of hydrogen-bond acceptors (Lipinski definition) is 5. The molecule has 3 saturated heterocycles. The van der Waals surface area contributed by atoms with Gasteiger partial charge in [0.05, 0.1) is 17.3 Å². The monoisotopic (exact) mass is 385 g/mol. The Morgan fingerprint density at radius 2 is 2.33 bits per heavy atom. The Bertz CT molecular complexity index is 729. The van der Waals surface area contributed by atoms with Gasteiger partial charge in [-0.1, -0.05) is 0 Å². The van der Waals surface area contributed by atoms with Gasteiger partial charge in [0.1, 0.15) is 12.4 Å². The molecule has 2 bridgehead atoms. The number of nitrogens with one attached hydrogen (secondary N) is 1. The minimum atomic E-state index is -4.45. The van der Waals surface area contributed by atoms with Crippen LogP contribution in [-0.4, -0.2) is 55.9 Å². The van der Waals surface area contributed by atoms with E-state index in [-0.39, 0.29) is 36.3 Å². The van der Waals surface area contributed by atoms with Gasteiger partial charge in [-0.25, -0.2) is 4.98 Å². The average Bonchev–Trinajstić information content (AvgIpc) is 3.27. The first-order valence-electron chi connectivity index (χ1n) is 9.05. The van der Waals surface area contributed by atoms with Gasteiger partial charge in [0.25, 0.3) is 0 Å². The van der Waals surface area contributed by atoms with Crippen LogP contribution in [0.1, 0.15) is 18.4 Å². The van der Waals surface area contributed by atoms with Crippen molar-refractivity contribution in [3.63, 3.8) is 0 Å². The molecule has 0 aliphatic carbocycles. The molecule has 6 nitrogen and oxygen atoms in total. The first-order chi connectivity index (χ1) is 12.8. The zero-order chi connectivity index (χ0) is 19.2. The van der Waals surface area contributed by atoms with Crippen molar-refractivity contribution in [1.82, 2.24) is 10.3 Å². The number of fused-ring (bicyclic) bond motifs is 1. The van der Waals surface area contributed by atoms with E-state index in [9.17, 15) is 18.0 Å². The van der Waals surface area contributed by atoms with Crippen molar-refractivity contribution in [2.75, 3.05) is 38.3 Å². The van der Waals surface area contributed by atoms with Crippen LogP contribution in [0, 0.1) is 11.8 Å². The number of nitrogens with zero attached hydrogens (tertiary/aromatic N) is 2. The van der Waals surface area contributed by atoms with Gasteiger partial charge >= 0.3 is 6.18 Å². The number of rotatable bonds is 5. The van der Waals surface area contributed by atoms with Crippen LogP contribution >= 0.6 is 0 Å². The molecule has 0 unspecified atom stereocenters. The van der Waals surface area contributed by atoms with Gasteiger partial charge in [0, 0.05) is 44.8 Å². The number of methoxy groups -OCH3 is 1. The van der Waals surface area contributed by atoms with Crippen molar-refractivity contribution in [3.05, 3.63) is 23.9 Å². The predicted octanol–water partition coefficient (Wildman–Crippen LogP) is 1.85. The highest BCUT2D eigenvalue weighted by Crippen LogP contribution is 2.55. The number of carbonyl (C=O) groups is 1. The van der Waals surface area contributed by atoms with Crippen molar-refractivity contribution in [2.45, 2.75) is 30.7 Å². The summed E-state index contributed by atoms with van der Waals surface area (Å²) in [6.07, 6.45) is -1.33. The molecule has 1 spiro atoms. The molecule has 1 N–H and O–H groups in total. The fourth-order valence-corrected chi connectivity index (χ4v) is 4.91. The second-order valence-corrected chi connectivity index (χ2v) is 7.52. The Balaban J connectivity index is 1.53. The molecule has 3 fully saturated rings. The third-order valence-electron chi connectivity index (χ3n) is 5.99. The summed E-state index contributed by atoms with van der Waals surface area (Å²) in [5, 5.41) is 2.85. The molecule has 3 aliphatic heterocycles. The summed E-state index contributed by atoms with van der Waals surface area (Å²) in [6.45, 7) is 1.28. The van der Waals surface area contributed by atoms with E-state index in [1.807, 2.05) is 0 Å². The highest BCUT2D eigenvalue weighted by atomic mass is 19.4. The number of ether oxygens (including phenoxy) is 2. The number of pyridine rings is 1. The molecule has 27 heavy (non-hydrogen) atoms. The van der Waals surface area contributed by atoms with E-state index in [1.165, 1.54) is 19.4 Å². The third kappa shape index (κ3) is 3.16. The second kappa shape index (κ2) is 6.63. The Morgan fingerprint density at radius 1 is 1.52 bits per heavy atom.